The minimum Gasteiger partial charge on any atom is -0.493 e. The standard InChI is InChI=1S/C25H31NO5/c1-24(2,3)31-23(28)26-13-12-25(17-26)16-21(27)20-10-9-19(15-22(20)30-25)29-14-11-18-7-5-4-6-8-18/h4-10,15,21,27H,11-14,16-17H2,1-3H3/t21-,25-/m1/s1. The first-order valence-electron chi connectivity index (χ1n) is 10.9. The van der Waals surface area contributed by atoms with E-state index in [4.69, 9.17) is 14.2 Å². The summed E-state index contributed by atoms with van der Waals surface area (Å²) < 4.78 is 17.8. The van der Waals surface area contributed by atoms with Crippen LogP contribution in [0, 0.1) is 0 Å². The molecule has 166 valence electrons. The number of fused-ring (bicyclic) bond motifs is 1. The number of hydrogen-bond donors (Lipinski definition) is 1. The lowest BCUT2D eigenvalue weighted by molar-refractivity contribution is -0.0133. The number of rotatable bonds is 4. The first-order valence-corrected chi connectivity index (χ1v) is 10.9. The number of hydrogen-bond acceptors (Lipinski definition) is 5. The van der Waals surface area contributed by atoms with E-state index in [1.54, 1.807) is 4.90 Å². The fourth-order valence-electron chi connectivity index (χ4n) is 4.21. The Bertz CT molecular complexity index is 923. The van der Waals surface area contributed by atoms with E-state index in [1.165, 1.54) is 5.56 Å². The Morgan fingerprint density at radius 3 is 2.74 bits per heavy atom. The number of aliphatic hydroxyl groups is 1. The Morgan fingerprint density at radius 1 is 1.23 bits per heavy atom. The van der Waals surface area contributed by atoms with E-state index in [0.717, 1.165) is 12.0 Å². The summed E-state index contributed by atoms with van der Waals surface area (Å²) >= 11 is 0. The third-order valence-corrected chi connectivity index (χ3v) is 5.71. The van der Waals surface area contributed by atoms with E-state index in [9.17, 15) is 9.90 Å². The second-order valence-electron chi connectivity index (χ2n) is 9.44. The lowest BCUT2D eigenvalue weighted by atomic mass is 9.88. The number of ether oxygens (including phenoxy) is 3. The van der Waals surface area contributed by atoms with Crippen LogP contribution in [0.25, 0.3) is 0 Å². The van der Waals surface area contributed by atoms with E-state index in [1.807, 2.05) is 57.2 Å². The van der Waals surface area contributed by atoms with Crippen molar-refractivity contribution >= 4 is 6.09 Å². The Kier molecular flexibility index (Phi) is 5.84. The van der Waals surface area contributed by atoms with Crippen molar-refractivity contribution in [2.24, 2.45) is 0 Å². The molecule has 0 saturated carbocycles. The van der Waals surface area contributed by atoms with Gasteiger partial charge in [-0.1, -0.05) is 30.3 Å². The van der Waals surface area contributed by atoms with E-state index < -0.39 is 17.3 Å². The molecule has 2 aliphatic rings. The van der Waals surface area contributed by atoms with E-state index >= 15 is 0 Å². The molecule has 1 fully saturated rings. The second kappa shape index (κ2) is 8.42. The van der Waals surface area contributed by atoms with Crippen molar-refractivity contribution in [1.82, 2.24) is 4.90 Å². The van der Waals surface area contributed by atoms with Crippen LogP contribution in [0.2, 0.25) is 0 Å². The van der Waals surface area contributed by atoms with Gasteiger partial charge in [0.25, 0.3) is 0 Å². The minimum atomic E-state index is -0.638. The maximum absolute atomic E-state index is 12.5. The van der Waals surface area contributed by atoms with E-state index in [2.05, 4.69) is 12.1 Å². The van der Waals surface area contributed by atoms with Crippen LogP contribution < -0.4 is 9.47 Å². The van der Waals surface area contributed by atoms with Gasteiger partial charge in [-0.05, 0) is 38.5 Å². The molecule has 0 radical (unpaired) electrons. The molecule has 2 heterocycles. The third kappa shape index (κ3) is 5.13. The van der Waals surface area contributed by atoms with Gasteiger partial charge in [0, 0.05) is 37.4 Å². The molecule has 0 aliphatic carbocycles. The molecule has 0 bridgehead atoms. The highest BCUT2D eigenvalue weighted by atomic mass is 16.6. The summed E-state index contributed by atoms with van der Waals surface area (Å²) in [5.41, 5.74) is 0.834. The second-order valence-corrected chi connectivity index (χ2v) is 9.44. The van der Waals surface area contributed by atoms with Gasteiger partial charge >= 0.3 is 6.09 Å². The summed E-state index contributed by atoms with van der Waals surface area (Å²) in [5.74, 6) is 1.34. The van der Waals surface area contributed by atoms with Crippen molar-refractivity contribution in [3.8, 4) is 11.5 Å². The van der Waals surface area contributed by atoms with Gasteiger partial charge in [-0.3, -0.25) is 0 Å². The number of carbonyl (C=O) groups is 1. The minimum absolute atomic E-state index is 0.341. The maximum atomic E-state index is 12.5. The summed E-state index contributed by atoms with van der Waals surface area (Å²) in [6.45, 7) is 7.07. The van der Waals surface area contributed by atoms with Crippen LogP contribution in [-0.2, 0) is 11.2 Å². The summed E-state index contributed by atoms with van der Waals surface area (Å²) in [5, 5.41) is 10.8. The van der Waals surface area contributed by atoms with Crippen LogP contribution in [0.15, 0.2) is 48.5 Å². The van der Waals surface area contributed by atoms with Crippen LogP contribution in [0.5, 0.6) is 11.5 Å². The van der Waals surface area contributed by atoms with Gasteiger partial charge in [-0.2, -0.15) is 0 Å². The quantitative estimate of drug-likeness (QED) is 0.781. The highest BCUT2D eigenvalue weighted by Crippen LogP contribution is 2.45. The molecule has 2 aromatic rings. The predicted octanol–water partition coefficient (Wildman–Crippen LogP) is 4.50. The van der Waals surface area contributed by atoms with Crippen LogP contribution in [0.1, 0.15) is 50.8 Å². The molecule has 1 spiro atoms. The van der Waals surface area contributed by atoms with Crippen molar-refractivity contribution in [3.63, 3.8) is 0 Å². The Morgan fingerprint density at radius 2 is 2.00 bits per heavy atom. The van der Waals surface area contributed by atoms with Gasteiger partial charge in [-0.25, -0.2) is 4.79 Å². The molecule has 6 nitrogen and oxygen atoms in total. The third-order valence-electron chi connectivity index (χ3n) is 5.71. The number of likely N-dealkylation sites (tertiary alicyclic amines) is 1. The average molecular weight is 426 g/mol. The Labute approximate surface area is 183 Å². The van der Waals surface area contributed by atoms with Gasteiger partial charge in [0.05, 0.1) is 19.3 Å². The van der Waals surface area contributed by atoms with Crippen molar-refractivity contribution in [3.05, 3.63) is 59.7 Å². The molecule has 2 atom stereocenters. The first-order chi connectivity index (χ1) is 14.7. The molecule has 4 rings (SSSR count). The molecule has 6 heteroatoms. The fraction of sp³-hybridized carbons (Fsp3) is 0.480. The fourth-order valence-corrected chi connectivity index (χ4v) is 4.21. The number of nitrogens with zero attached hydrogens (tertiary/aromatic N) is 1. The van der Waals surface area contributed by atoms with Crippen LogP contribution in [0.4, 0.5) is 4.79 Å². The number of aliphatic hydroxyl groups excluding tert-OH is 1. The predicted molar refractivity (Wildman–Crippen MR) is 117 cm³/mol. The molecule has 0 aromatic heterocycles. The lowest BCUT2D eigenvalue weighted by Crippen LogP contribution is -2.45. The summed E-state index contributed by atoms with van der Waals surface area (Å²) in [7, 11) is 0. The topological polar surface area (TPSA) is 68.2 Å². The number of carbonyl (C=O) groups excluding carboxylic acids is 1. The maximum Gasteiger partial charge on any atom is 0.410 e. The van der Waals surface area contributed by atoms with Crippen molar-refractivity contribution in [1.29, 1.82) is 0 Å². The molecule has 1 saturated heterocycles. The number of benzene rings is 2. The van der Waals surface area contributed by atoms with Crippen molar-refractivity contribution in [2.75, 3.05) is 19.7 Å². The average Bonchev–Trinajstić information content (AvgIpc) is 3.10. The zero-order chi connectivity index (χ0) is 22.1. The zero-order valence-electron chi connectivity index (χ0n) is 18.5. The van der Waals surface area contributed by atoms with Gasteiger partial charge in [0.2, 0.25) is 0 Å². The summed E-state index contributed by atoms with van der Waals surface area (Å²) in [6, 6.07) is 15.8. The van der Waals surface area contributed by atoms with Gasteiger partial charge in [0.1, 0.15) is 22.7 Å². The SMILES string of the molecule is CC(C)(C)OC(=O)N1CC[C@@]2(C[C@@H](O)c3ccc(OCCc4ccccc4)cc3O2)C1. The molecular formula is C25H31NO5. The molecule has 1 N–H and O–H groups in total. The van der Waals surface area contributed by atoms with Crippen molar-refractivity contribution in [2.45, 2.75) is 57.3 Å². The zero-order valence-corrected chi connectivity index (χ0v) is 18.5. The Hall–Kier alpha value is -2.73. The van der Waals surface area contributed by atoms with Crippen LogP contribution in [-0.4, -0.2) is 47.0 Å². The van der Waals surface area contributed by atoms with E-state index in [-0.39, 0.29) is 6.09 Å². The van der Waals surface area contributed by atoms with E-state index in [0.29, 0.717) is 44.0 Å². The highest BCUT2D eigenvalue weighted by Gasteiger charge is 2.47. The highest BCUT2D eigenvalue weighted by molar-refractivity contribution is 5.68. The number of amides is 1. The van der Waals surface area contributed by atoms with Gasteiger partial charge in [0.15, 0.2) is 0 Å². The lowest BCUT2D eigenvalue weighted by Gasteiger charge is -2.38. The molecule has 1 amide bonds. The van der Waals surface area contributed by atoms with Crippen LogP contribution in [0.3, 0.4) is 0 Å². The first kappa shape index (κ1) is 21.5. The molecule has 31 heavy (non-hydrogen) atoms. The smallest absolute Gasteiger partial charge is 0.410 e. The largest absolute Gasteiger partial charge is 0.493 e. The normalized spacial score (nSPS) is 22.7. The molecular weight excluding hydrogens is 394 g/mol. The van der Waals surface area contributed by atoms with Gasteiger partial charge < -0.3 is 24.2 Å². The molecule has 2 aromatic carbocycles. The summed E-state index contributed by atoms with van der Waals surface area (Å²) in [6.07, 6.45) is 0.942. The van der Waals surface area contributed by atoms with Crippen LogP contribution >= 0.6 is 0 Å². The summed E-state index contributed by atoms with van der Waals surface area (Å²) in [4.78, 5) is 14.1. The monoisotopic (exact) mass is 425 g/mol. The molecule has 2 aliphatic heterocycles. The molecule has 0 unspecified atom stereocenters. The van der Waals surface area contributed by atoms with Crippen molar-refractivity contribution < 1.29 is 24.1 Å². The van der Waals surface area contributed by atoms with Gasteiger partial charge in [-0.15, -0.1) is 0 Å². The Balaban J connectivity index is 1.41.